The van der Waals surface area contributed by atoms with Gasteiger partial charge in [-0.1, -0.05) is 0 Å². The van der Waals surface area contributed by atoms with Crippen molar-refractivity contribution in [2.24, 2.45) is 0 Å². The Kier molecular flexibility index (Phi) is 3.20. The molecule has 26 heavy (non-hydrogen) atoms. The molecule has 1 aromatic rings. The molecule has 0 radical (unpaired) electrons. The van der Waals surface area contributed by atoms with E-state index in [0.29, 0.717) is 0 Å². The van der Waals surface area contributed by atoms with E-state index < -0.39 is 55.9 Å². The number of aliphatic hydroxyl groups is 2. The second-order valence-electron chi connectivity index (χ2n) is 6.54. The zero-order valence-corrected chi connectivity index (χ0v) is 13.8. The van der Waals surface area contributed by atoms with E-state index in [-0.39, 0.29) is 29.4 Å². The molecule has 1 saturated heterocycles. The molecule has 1 aliphatic carbocycles. The number of aromatic hydroxyl groups is 1. The third-order valence-corrected chi connectivity index (χ3v) is 6.20. The van der Waals surface area contributed by atoms with Gasteiger partial charge in [-0.3, -0.25) is 13.8 Å². The number of hydrogen-bond donors (Lipinski definition) is 5. The van der Waals surface area contributed by atoms with Gasteiger partial charge in [-0.2, -0.15) is 0 Å². The highest BCUT2D eigenvalue weighted by atomic mass is 31.2. The van der Waals surface area contributed by atoms with Gasteiger partial charge >= 0.3 is 7.82 Å². The average Bonchev–Trinajstić information content (AvgIpc) is 3.16. The second kappa shape index (κ2) is 5.10. The van der Waals surface area contributed by atoms with Gasteiger partial charge in [-0.25, -0.2) is 4.57 Å². The highest BCUT2D eigenvalue weighted by Crippen LogP contribution is 2.59. The largest absolute Gasteiger partial charge is 0.504 e. The molecular formula is C14H14NO10P. The van der Waals surface area contributed by atoms with Crippen LogP contribution in [0.1, 0.15) is 21.8 Å². The van der Waals surface area contributed by atoms with Gasteiger partial charge < -0.3 is 35.0 Å². The van der Waals surface area contributed by atoms with Gasteiger partial charge in [0.1, 0.15) is 18.3 Å². The fraction of sp³-hybridized carbons (Fsp3) is 0.500. The molecule has 5 N–H and O–H groups in total. The molecule has 3 heterocycles. The van der Waals surface area contributed by atoms with Crippen LogP contribution in [0.25, 0.3) is 0 Å². The molecule has 0 bridgehead atoms. The number of hydrogen-bond acceptors (Lipinski definition) is 9. The summed E-state index contributed by atoms with van der Waals surface area (Å²) in [4.78, 5) is 22.1. The van der Waals surface area contributed by atoms with Crippen LogP contribution in [0.15, 0.2) is 6.07 Å². The molecule has 0 aromatic heterocycles. The van der Waals surface area contributed by atoms with Crippen LogP contribution >= 0.6 is 7.82 Å². The molecule has 3 aliphatic heterocycles. The third kappa shape index (κ3) is 2.01. The number of carbonyl (C=O) groups is 1. The van der Waals surface area contributed by atoms with Crippen LogP contribution in [-0.2, 0) is 13.6 Å². The van der Waals surface area contributed by atoms with Gasteiger partial charge in [-0.15, -0.1) is 0 Å². The van der Waals surface area contributed by atoms with Gasteiger partial charge in [0.05, 0.1) is 17.7 Å². The molecule has 11 nitrogen and oxygen atoms in total. The Bertz CT molecular complexity index is 874. The normalized spacial score (nSPS) is 42.7. The van der Waals surface area contributed by atoms with E-state index in [9.17, 15) is 29.6 Å². The summed E-state index contributed by atoms with van der Waals surface area (Å²) in [6, 6.07) is 0.486. The molecule has 4 aliphatic rings. The number of phosphoric acid groups is 1. The standard InChI is InChI=1S/C14H14NO10P/c16-8-5-3-1-4-11(23-2-22-4)9(17)6(3)14(19)15-7(5)12-13(10(8)18)25-26(20,21)24-12/h1,5,7-8,10,12-13,16-18H,2H2,(H,15,19)(H,20,21)/t5-,7-,8-,10+,12+,13-/m1/s1. The quantitative estimate of drug-likeness (QED) is 0.347. The van der Waals surface area contributed by atoms with E-state index in [1.165, 1.54) is 6.07 Å². The number of ether oxygens (including phenoxy) is 2. The Hall–Kier alpha value is -1.88. The molecule has 5 rings (SSSR count). The average molecular weight is 387 g/mol. The number of phenols is 1. The summed E-state index contributed by atoms with van der Waals surface area (Å²) in [5, 5.41) is 33.9. The second-order valence-corrected chi connectivity index (χ2v) is 7.90. The first-order valence-corrected chi connectivity index (χ1v) is 9.30. The van der Waals surface area contributed by atoms with Crippen molar-refractivity contribution in [3.05, 3.63) is 17.2 Å². The summed E-state index contributed by atoms with van der Waals surface area (Å²) in [5.74, 6) is -1.84. The maximum Gasteiger partial charge on any atom is 0.473 e. The van der Waals surface area contributed by atoms with Crippen molar-refractivity contribution in [2.75, 3.05) is 6.79 Å². The first-order valence-electron chi connectivity index (χ1n) is 7.80. The van der Waals surface area contributed by atoms with E-state index in [0.717, 1.165) is 0 Å². The van der Waals surface area contributed by atoms with Gasteiger partial charge in [0.15, 0.2) is 11.5 Å². The predicted molar refractivity (Wildman–Crippen MR) is 79.8 cm³/mol. The smallest absolute Gasteiger partial charge is 0.473 e. The lowest BCUT2D eigenvalue weighted by molar-refractivity contribution is -0.111. The van der Waals surface area contributed by atoms with E-state index >= 15 is 0 Å². The number of nitrogens with one attached hydrogen (secondary N) is 1. The molecular weight excluding hydrogens is 373 g/mol. The maximum absolute atomic E-state index is 12.6. The van der Waals surface area contributed by atoms with Crippen LogP contribution in [0.3, 0.4) is 0 Å². The zero-order chi connectivity index (χ0) is 18.4. The van der Waals surface area contributed by atoms with Crippen molar-refractivity contribution in [2.45, 2.75) is 36.4 Å². The van der Waals surface area contributed by atoms with Gasteiger partial charge in [0.25, 0.3) is 5.91 Å². The third-order valence-electron chi connectivity index (χ3n) is 5.18. The van der Waals surface area contributed by atoms with Crippen molar-refractivity contribution in [1.29, 1.82) is 0 Å². The number of phosphoric ester groups is 1. The van der Waals surface area contributed by atoms with Crippen molar-refractivity contribution in [1.82, 2.24) is 5.32 Å². The SMILES string of the molecule is O=C1N[C@H]2[C@@H]3OP(=O)(O)O[C@@H]3[C@@H](O)[C@H](O)[C@@H]2c2cc3c(c(O)c21)OCO3. The van der Waals surface area contributed by atoms with Crippen LogP contribution in [0.4, 0.5) is 0 Å². The lowest BCUT2D eigenvalue weighted by Crippen LogP contribution is -2.65. The lowest BCUT2D eigenvalue weighted by Gasteiger charge is -2.46. The number of fused-ring (bicyclic) bond motifs is 6. The van der Waals surface area contributed by atoms with Crippen LogP contribution in [0.2, 0.25) is 0 Å². The van der Waals surface area contributed by atoms with Crippen molar-refractivity contribution in [3.63, 3.8) is 0 Å². The summed E-state index contributed by atoms with van der Waals surface area (Å²) in [5.41, 5.74) is 0.0973. The molecule has 1 saturated carbocycles. The maximum atomic E-state index is 12.6. The molecule has 1 unspecified atom stereocenters. The van der Waals surface area contributed by atoms with Crippen LogP contribution in [-0.4, -0.2) is 63.4 Å². The molecule has 0 spiro atoms. The topological polar surface area (TPSA) is 164 Å². The Morgan fingerprint density at radius 1 is 1.15 bits per heavy atom. The van der Waals surface area contributed by atoms with Crippen molar-refractivity contribution in [3.8, 4) is 17.2 Å². The highest BCUT2D eigenvalue weighted by Gasteiger charge is 2.61. The highest BCUT2D eigenvalue weighted by molar-refractivity contribution is 7.47. The summed E-state index contributed by atoms with van der Waals surface area (Å²) in [6.45, 7) is -0.137. The predicted octanol–water partition coefficient (Wildman–Crippen LogP) is -1.06. The van der Waals surface area contributed by atoms with Gasteiger partial charge in [-0.05, 0) is 11.6 Å². The summed E-state index contributed by atoms with van der Waals surface area (Å²) < 4.78 is 32.0. The summed E-state index contributed by atoms with van der Waals surface area (Å²) in [6.07, 6.45) is -5.44. The van der Waals surface area contributed by atoms with E-state index in [2.05, 4.69) is 5.32 Å². The Labute approximate surface area is 145 Å². The molecule has 2 fully saturated rings. The molecule has 7 atom stereocenters. The monoisotopic (exact) mass is 387 g/mol. The number of aliphatic hydroxyl groups excluding tert-OH is 2. The minimum atomic E-state index is -4.42. The number of phenolic OH excluding ortho intramolecular Hbond substituents is 1. The van der Waals surface area contributed by atoms with Crippen LogP contribution < -0.4 is 14.8 Å². The number of amides is 1. The molecule has 12 heteroatoms. The number of rotatable bonds is 0. The number of benzene rings is 1. The fourth-order valence-electron chi connectivity index (χ4n) is 4.12. The Morgan fingerprint density at radius 2 is 1.88 bits per heavy atom. The molecule has 1 aromatic carbocycles. The minimum Gasteiger partial charge on any atom is -0.504 e. The van der Waals surface area contributed by atoms with Crippen molar-refractivity contribution < 1.29 is 48.1 Å². The summed E-state index contributed by atoms with van der Waals surface area (Å²) >= 11 is 0. The Morgan fingerprint density at radius 3 is 2.65 bits per heavy atom. The minimum absolute atomic E-state index is 0.0152. The van der Waals surface area contributed by atoms with E-state index in [1.807, 2.05) is 0 Å². The van der Waals surface area contributed by atoms with Gasteiger partial charge in [0, 0.05) is 5.92 Å². The first kappa shape index (κ1) is 16.3. The van der Waals surface area contributed by atoms with Crippen LogP contribution in [0, 0.1) is 0 Å². The van der Waals surface area contributed by atoms with E-state index in [1.54, 1.807) is 0 Å². The fourth-order valence-corrected chi connectivity index (χ4v) is 5.28. The summed E-state index contributed by atoms with van der Waals surface area (Å²) in [7, 11) is -4.42. The zero-order valence-electron chi connectivity index (χ0n) is 12.9. The Balaban J connectivity index is 1.67. The molecule has 140 valence electrons. The van der Waals surface area contributed by atoms with Crippen molar-refractivity contribution >= 4 is 13.7 Å². The first-order chi connectivity index (χ1) is 12.3. The van der Waals surface area contributed by atoms with Gasteiger partial charge in [0.2, 0.25) is 12.5 Å². The van der Waals surface area contributed by atoms with Crippen LogP contribution in [0.5, 0.6) is 17.2 Å². The number of carbonyl (C=O) groups excluding carboxylic acids is 1. The molecule has 1 amide bonds. The lowest BCUT2D eigenvalue weighted by atomic mass is 9.70. The van der Waals surface area contributed by atoms with E-state index in [4.69, 9.17) is 18.5 Å².